The second-order valence-corrected chi connectivity index (χ2v) is 7.30. The molecular weight excluding hydrogens is 290 g/mol. The van der Waals surface area contributed by atoms with E-state index in [1.54, 1.807) is 20.2 Å². The van der Waals surface area contributed by atoms with Gasteiger partial charge in [-0.25, -0.2) is 13.1 Å². The largest absolute Gasteiger partial charge is 0.497 e. The molecule has 0 bridgehead atoms. The number of nitrogens with zero attached hydrogens (tertiary/aromatic N) is 2. The lowest BCUT2D eigenvalue weighted by molar-refractivity contribution is 0.197. The first-order valence-corrected chi connectivity index (χ1v) is 8.89. The van der Waals surface area contributed by atoms with Crippen LogP contribution in [0.3, 0.4) is 0 Å². The molecule has 1 aromatic rings. The van der Waals surface area contributed by atoms with Crippen LogP contribution in [0, 0.1) is 0 Å². The van der Waals surface area contributed by atoms with E-state index in [0.717, 1.165) is 43.9 Å². The maximum atomic E-state index is 11.6. The molecule has 1 N–H and O–H groups in total. The van der Waals surface area contributed by atoms with Crippen LogP contribution < -0.4 is 9.46 Å². The van der Waals surface area contributed by atoms with Crippen molar-refractivity contribution >= 4 is 10.0 Å². The Morgan fingerprint density at radius 1 is 1.43 bits per heavy atom. The summed E-state index contributed by atoms with van der Waals surface area (Å²) < 4.78 is 31.1. The summed E-state index contributed by atoms with van der Waals surface area (Å²) in [5, 5.41) is 0. The number of hydrogen-bond donors (Lipinski definition) is 1. The minimum absolute atomic E-state index is 0.0597. The van der Waals surface area contributed by atoms with Crippen LogP contribution in [0.5, 0.6) is 5.75 Å². The van der Waals surface area contributed by atoms with E-state index < -0.39 is 10.0 Å². The van der Waals surface area contributed by atoms with Crippen molar-refractivity contribution in [3.8, 4) is 5.75 Å². The molecule has 0 saturated carbocycles. The molecule has 0 aliphatic carbocycles. The minimum Gasteiger partial charge on any atom is -0.497 e. The van der Waals surface area contributed by atoms with E-state index in [4.69, 9.17) is 4.74 Å². The molecule has 0 aromatic carbocycles. The highest BCUT2D eigenvalue weighted by molar-refractivity contribution is 7.89. The van der Waals surface area contributed by atoms with E-state index in [0.29, 0.717) is 0 Å². The van der Waals surface area contributed by atoms with Crippen LogP contribution in [0.2, 0.25) is 0 Å². The summed E-state index contributed by atoms with van der Waals surface area (Å²) in [7, 11) is -1.46. The number of likely N-dealkylation sites (tertiary alicyclic amines) is 1. The van der Waals surface area contributed by atoms with Gasteiger partial charge in [-0.2, -0.15) is 0 Å². The summed E-state index contributed by atoms with van der Waals surface area (Å²) in [6, 6.07) is 3.82. The van der Waals surface area contributed by atoms with Crippen molar-refractivity contribution in [1.82, 2.24) is 14.6 Å². The molecule has 0 radical (unpaired) electrons. The fourth-order valence-electron chi connectivity index (χ4n) is 2.44. The van der Waals surface area contributed by atoms with Gasteiger partial charge in [0.05, 0.1) is 18.6 Å². The van der Waals surface area contributed by atoms with E-state index in [1.165, 1.54) is 0 Å². The smallest absolute Gasteiger partial charge is 0.211 e. The molecule has 1 fully saturated rings. The molecule has 2 rings (SSSR count). The Kier molecular flexibility index (Phi) is 5.55. The molecule has 1 saturated heterocycles. The van der Waals surface area contributed by atoms with E-state index in [1.807, 2.05) is 12.1 Å². The second kappa shape index (κ2) is 7.20. The average Bonchev–Trinajstić information content (AvgIpc) is 2.49. The second-order valence-electron chi connectivity index (χ2n) is 5.26. The number of methoxy groups -OCH3 is 1. The summed E-state index contributed by atoms with van der Waals surface area (Å²) in [5.41, 5.74) is 0.974. The fraction of sp³-hybridized carbons (Fsp3) is 0.643. The fourth-order valence-corrected chi connectivity index (χ4v) is 3.36. The van der Waals surface area contributed by atoms with Gasteiger partial charge >= 0.3 is 0 Å². The molecule has 0 atom stereocenters. The van der Waals surface area contributed by atoms with Crippen molar-refractivity contribution in [2.75, 3.05) is 26.0 Å². The van der Waals surface area contributed by atoms with E-state index in [2.05, 4.69) is 14.6 Å². The van der Waals surface area contributed by atoms with Gasteiger partial charge in [-0.15, -0.1) is 0 Å². The predicted molar refractivity (Wildman–Crippen MR) is 81.7 cm³/mol. The quantitative estimate of drug-likeness (QED) is 0.848. The molecule has 2 heterocycles. The third kappa shape index (κ3) is 4.94. The Balaban J connectivity index is 1.84. The molecule has 7 heteroatoms. The maximum absolute atomic E-state index is 11.6. The lowest BCUT2D eigenvalue weighted by Gasteiger charge is -2.31. The zero-order valence-corrected chi connectivity index (χ0v) is 13.4. The van der Waals surface area contributed by atoms with Gasteiger partial charge in [0.25, 0.3) is 0 Å². The molecule has 21 heavy (non-hydrogen) atoms. The number of ether oxygens (including phenoxy) is 1. The van der Waals surface area contributed by atoms with Crippen molar-refractivity contribution in [2.45, 2.75) is 32.4 Å². The van der Waals surface area contributed by atoms with Crippen molar-refractivity contribution in [1.29, 1.82) is 0 Å². The van der Waals surface area contributed by atoms with E-state index >= 15 is 0 Å². The Morgan fingerprint density at radius 3 is 2.76 bits per heavy atom. The first-order chi connectivity index (χ1) is 10.0. The first-order valence-electron chi connectivity index (χ1n) is 7.23. The Labute approximate surface area is 126 Å². The van der Waals surface area contributed by atoms with Gasteiger partial charge in [-0.05, 0) is 25.8 Å². The lowest BCUT2D eigenvalue weighted by Crippen LogP contribution is -2.44. The van der Waals surface area contributed by atoms with Crippen LogP contribution in [0.25, 0.3) is 0 Å². The van der Waals surface area contributed by atoms with Gasteiger partial charge in [0.2, 0.25) is 10.0 Å². The normalized spacial score (nSPS) is 17.8. The lowest BCUT2D eigenvalue weighted by atomic mass is 10.1. The van der Waals surface area contributed by atoms with Crippen molar-refractivity contribution in [3.05, 3.63) is 24.0 Å². The standard InChI is InChI=1S/C14H23N3O3S/c1-3-21(18,19)16-12-5-8-17(9-6-12)11-13-10-14(20-2)4-7-15-13/h4,7,10,12,16H,3,5-6,8-9,11H2,1-2H3. The van der Waals surface area contributed by atoms with Crippen LogP contribution in [0.15, 0.2) is 18.3 Å². The molecular formula is C14H23N3O3S. The Hall–Kier alpha value is -1.18. The van der Waals surface area contributed by atoms with E-state index in [9.17, 15) is 8.42 Å². The highest BCUT2D eigenvalue weighted by atomic mass is 32.2. The number of rotatable bonds is 6. The number of hydrogen-bond acceptors (Lipinski definition) is 5. The molecule has 118 valence electrons. The molecule has 6 nitrogen and oxygen atoms in total. The zero-order valence-electron chi connectivity index (χ0n) is 12.6. The Morgan fingerprint density at radius 2 is 2.14 bits per heavy atom. The summed E-state index contributed by atoms with van der Waals surface area (Å²) in [4.78, 5) is 6.63. The number of nitrogens with one attached hydrogen (secondary N) is 1. The van der Waals surface area contributed by atoms with Crippen LogP contribution in [0.1, 0.15) is 25.5 Å². The molecule has 0 spiro atoms. The summed E-state index contributed by atoms with van der Waals surface area (Å²) in [6.45, 7) is 4.17. The maximum Gasteiger partial charge on any atom is 0.211 e. The molecule has 1 aliphatic heterocycles. The van der Waals surface area contributed by atoms with Gasteiger partial charge in [-0.3, -0.25) is 9.88 Å². The Bertz CT molecular complexity index is 554. The summed E-state index contributed by atoms with van der Waals surface area (Å²) in [6.07, 6.45) is 3.42. The highest BCUT2D eigenvalue weighted by Gasteiger charge is 2.22. The third-order valence-electron chi connectivity index (χ3n) is 3.72. The predicted octanol–water partition coefficient (Wildman–Crippen LogP) is 0.994. The number of aromatic nitrogens is 1. The van der Waals surface area contributed by atoms with Gasteiger partial charge in [-0.1, -0.05) is 0 Å². The van der Waals surface area contributed by atoms with Crippen molar-refractivity contribution in [2.24, 2.45) is 0 Å². The molecule has 1 aliphatic rings. The van der Waals surface area contributed by atoms with Crippen LogP contribution in [-0.4, -0.2) is 50.3 Å². The molecule has 1 aromatic heterocycles. The van der Waals surface area contributed by atoms with Crippen molar-refractivity contribution in [3.63, 3.8) is 0 Å². The van der Waals surface area contributed by atoms with Gasteiger partial charge in [0.15, 0.2) is 0 Å². The molecule has 0 unspecified atom stereocenters. The SMILES string of the molecule is CCS(=O)(=O)NC1CCN(Cc2cc(OC)ccn2)CC1. The van der Waals surface area contributed by atoms with Gasteiger partial charge in [0, 0.05) is 37.9 Å². The topological polar surface area (TPSA) is 71.5 Å². The number of pyridine rings is 1. The van der Waals surface area contributed by atoms with Crippen LogP contribution >= 0.6 is 0 Å². The monoisotopic (exact) mass is 313 g/mol. The van der Waals surface area contributed by atoms with Gasteiger partial charge in [0.1, 0.15) is 5.75 Å². The third-order valence-corrected chi connectivity index (χ3v) is 5.18. The summed E-state index contributed by atoms with van der Waals surface area (Å²) in [5.74, 6) is 0.951. The minimum atomic E-state index is -3.10. The van der Waals surface area contributed by atoms with Gasteiger partial charge < -0.3 is 4.74 Å². The zero-order chi connectivity index (χ0) is 15.3. The van der Waals surface area contributed by atoms with E-state index in [-0.39, 0.29) is 11.8 Å². The van der Waals surface area contributed by atoms with Crippen molar-refractivity contribution < 1.29 is 13.2 Å². The van der Waals surface area contributed by atoms with Crippen LogP contribution in [0.4, 0.5) is 0 Å². The average molecular weight is 313 g/mol. The highest BCUT2D eigenvalue weighted by Crippen LogP contribution is 2.16. The summed E-state index contributed by atoms with van der Waals surface area (Å²) >= 11 is 0. The van der Waals surface area contributed by atoms with Crippen LogP contribution in [-0.2, 0) is 16.6 Å². The molecule has 0 amide bonds. The first kappa shape index (κ1) is 16.2. The number of piperidine rings is 1. The number of sulfonamides is 1.